The SMILES string of the molecule is CNc1ccn(C2O[C@@](CO)(CN=[N+]=[N-])[C@@H](O)[C@H]2F)c(=O)n1. The summed E-state index contributed by atoms with van der Waals surface area (Å²) in [4.78, 5) is 18.0. The third-order valence-corrected chi connectivity index (χ3v) is 3.50. The molecule has 1 aliphatic heterocycles. The molecule has 2 heterocycles. The van der Waals surface area contributed by atoms with Gasteiger partial charge in [0.25, 0.3) is 0 Å². The van der Waals surface area contributed by atoms with E-state index in [0.29, 0.717) is 0 Å². The van der Waals surface area contributed by atoms with Gasteiger partial charge in [-0.3, -0.25) is 4.57 Å². The third kappa shape index (κ3) is 2.62. The van der Waals surface area contributed by atoms with Gasteiger partial charge in [0.2, 0.25) is 0 Å². The molecule has 0 radical (unpaired) electrons. The van der Waals surface area contributed by atoms with Crippen LogP contribution in [-0.2, 0) is 4.74 Å². The zero-order valence-electron chi connectivity index (χ0n) is 11.6. The number of anilines is 1. The van der Waals surface area contributed by atoms with Crippen LogP contribution in [0.2, 0.25) is 0 Å². The van der Waals surface area contributed by atoms with Crippen molar-refractivity contribution in [2.45, 2.75) is 24.1 Å². The van der Waals surface area contributed by atoms with Gasteiger partial charge in [-0.2, -0.15) is 4.98 Å². The summed E-state index contributed by atoms with van der Waals surface area (Å²) in [7, 11) is 1.57. The molecule has 3 N–H and O–H groups in total. The van der Waals surface area contributed by atoms with E-state index in [0.717, 1.165) is 4.57 Å². The van der Waals surface area contributed by atoms with E-state index in [1.807, 2.05) is 0 Å². The molecular weight excluding hydrogens is 299 g/mol. The molecule has 0 aromatic carbocycles. The molecule has 1 unspecified atom stereocenters. The summed E-state index contributed by atoms with van der Waals surface area (Å²) in [6.07, 6.45) is -3.99. The van der Waals surface area contributed by atoms with Gasteiger partial charge in [-0.25, -0.2) is 9.18 Å². The van der Waals surface area contributed by atoms with E-state index in [4.69, 9.17) is 10.3 Å². The lowest BCUT2D eigenvalue weighted by Gasteiger charge is -2.27. The van der Waals surface area contributed by atoms with Gasteiger partial charge in [0, 0.05) is 18.2 Å². The number of aliphatic hydroxyl groups excluding tert-OH is 2. The molecule has 0 amide bonds. The molecule has 1 aromatic heterocycles. The van der Waals surface area contributed by atoms with Crippen LogP contribution in [0.1, 0.15) is 6.23 Å². The van der Waals surface area contributed by atoms with Crippen LogP contribution >= 0.6 is 0 Å². The highest BCUT2D eigenvalue weighted by Crippen LogP contribution is 2.38. The van der Waals surface area contributed by atoms with Crippen molar-refractivity contribution in [3.63, 3.8) is 0 Å². The minimum Gasteiger partial charge on any atom is -0.393 e. The number of alkyl halides is 1. The zero-order chi connectivity index (χ0) is 16.3. The van der Waals surface area contributed by atoms with Crippen LogP contribution in [0, 0.1) is 0 Å². The van der Waals surface area contributed by atoms with Crippen molar-refractivity contribution in [2.75, 3.05) is 25.5 Å². The number of hydrogen-bond acceptors (Lipinski definition) is 7. The van der Waals surface area contributed by atoms with Crippen LogP contribution in [0.15, 0.2) is 22.2 Å². The Balaban J connectivity index is 2.37. The fraction of sp³-hybridized carbons (Fsp3) is 0.636. The van der Waals surface area contributed by atoms with Crippen LogP contribution in [0.5, 0.6) is 0 Å². The normalized spacial score (nSPS) is 30.8. The average Bonchev–Trinajstić information content (AvgIpc) is 2.78. The molecule has 11 heteroatoms. The Morgan fingerprint density at radius 3 is 3.00 bits per heavy atom. The Morgan fingerprint density at radius 1 is 1.73 bits per heavy atom. The molecule has 0 spiro atoms. The van der Waals surface area contributed by atoms with Gasteiger partial charge in [0.15, 0.2) is 12.4 Å². The highest BCUT2D eigenvalue weighted by atomic mass is 19.1. The van der Waals surface area contributed by atoms with Crippen molar-refractivity contribution >= 4 is 5.82 Å². The monoisotopic (exact) mass is 314 g/mol. The first-order chi connectivity index (χ1) is 10.5. The second-order valence-corrected chi connectivity index (χ2v) is 4.76. The van der Waals surface area contributed by atoms with Crippen molar-refractivity contribution in [3.05, 3.63) is 33.2 Å². The number of nitrogens with one attached hydrogen (secondary N) is 1. The second kappa shape index (κ2) is 6.28. The molecule has 1 aliphatic rings. The van der Waals surface area contributed by atoms with Gasteiger partial charge in [-0.05, 0) is 11.6 Å². The lowest BCUT2D eigenvalue weighted by Crippen LogP contribution is -2.48. The highest BCUT2D eigenvalue weighted by molar-refractivity contribution is 5.30. The van der Waals surface area contributed by atoms with E-state index < -0.39 is 42.9 Å². The summed E-state index contributed by atoms with van der Waals surface area (Å²) in [5.74, 6) is 0.290. The molecule has 1 saturated heterocycles. The minimum atomic E-state index is -2.00. The summed E-state index contributed by atoms with van der Waals surface area (Å²) in [5, 5.41) is 25.2. The average molecular weight is 314 g/mol. The van der Waals surface area contributed by atoms with E-state index in [2.05, 4.69) is 20.3 Å². The molecule has 120 valence electrons. The lowest BCUT2D eigenvalue weighted by molar-refractivity contribution is -0.122. The number of ether oxygens (including phenoxy) is 1. The predicted molar refractivity (Wildman–Crippen MR) is 72.9 cm³/mol. The fourth-order valence-corrected chi connectivity index (χ4v) is 2.24. The van der Waals surface area contributed by atoms with Crippen LogP contribution in [0.4, 0.5) is 10.2 Å². The topological polar surface area (TPSA) is 145 Å². The van der Waals surface area contributed by atoms with Gasteiger partial charge in [-0.15, -0.1) is 0 Å². The van der Waals surface area contributed by atoms with E-state index in [1.54, 1.807) is 7.05 Å². The summed E-state index contributed by atoms with van der Waals surface area (Å²) >= 11 is 0. The molecule has 1 aromatic rings. The van der Waals surface area contributed by atoms with E-state index >= 15 is 0 Å². The first kappa shape index (κ1) is 16.2. The van der Waals surface area contributed by atoms with Crippen molar-refractivity contribution < 1.29 is 19.3 Å². The van der Waals surface area contributed by atoms with E-state index in [9.17, 15) is 19.4 Å². The predicted octanol–water partition coefficient (Wildman–Crippen LogP) is -0.446. The molecule has 0 aliphatic carbocycles. The number of aliphatic hydroxyl groups is 2. The van der Waals surface area contributed by atoms with Crippen LogP contribution in [-0.4, -0.2) is 57.8 Å². The Morgan fingerprint density at radius 2 is 2.45 bits per heavy atom. The van der Waals surface area contributed by atoms with Crippen LogP contribution in [0.3, 0.4) is 0 Å². The molecule has 22 heavy (non-hydrogen) atoms. The number of hydrogen-bond donors (Lipinski definition) is 3. The van der Waals surface area contributed by atoms with Crippen molar-refractivity contribution in [3.8, 4) is 0 Å². The molecule has 2 rings (SSSR count). The standard InChI is InChI=1S/C11H15FN6O4/c1-14-6-2-3-18(10(21)16-6)9-7(12)8(20)11(5-19,22-9)4-15-17-13/h2-3,7-9,19-20H,4-5H2,1H3,(H,14,16,21)/t7-,8+,9?,11-/m1/s1. The number of azide groups is 1. The number of rotatable bonds is 5. The Bertz CT molecular complexity index is 648. The van der Waals surface area contributed by atoms with Gasteiger partial charge < -0.3 is 20.3 Å². The first-order valence-corrected chi connectivity index (χ1v) is 6.37. The van der Waals surface area contributed by atoms with Gasteiger partial charge in [-0.1, -0.05) is 5.11 Å². The molecule has 10 nitrogen and oxygen atoms in total. The Hall–Kier alpha value is -2.20. The molecular formula is C11H15FN6O4. The van der Waals surface area contributed by atoms with Crippen LogP contribution in [0.25, 0.3) is 10.4 Å². The third-order valence-electron chi connectivity index (χ3n) is 3.50. The highest BCUT2D eigenvalue weighted by Gasteiger charge is 2.55. The van der Waals surface area contributed by atoms with Crippen molar-refractivity contribution in [1.29, 1.82) is 0 Å². The van der Waals surface area contributed by atoms with Gasteiger partial charge in [0.05, 0.1) is 13.2 Å². The molecule has 0 saturated carbocycles. The number of nitrogens with zero attached hydrogens (tertiary/aromatic N) is 5. The van der Waals surface area contributed by atoms with E-state index in [1.165, 1.54) is 12.3 Å². The van der Waals surface area contributed by atoms with Gasteiger partial charge in [0.1, 0.15) is 17.5 Å². The Kier molecular flexibility index (Phi) is 4.62. The van der Waals surface area contributed by atoms with Crippen molar-refractivity contribution in [2.24, 2.45) is 5.11 Å². The maximum absolute atomic E-state index is 14.3. The number of aromatic nitrogens is 2. The first-order valence-electron chi connectivity index (χ1n) is 6.37. The van der Waals surface area contributed by atoms with E-state index in [-0.39, 0.29) is 5.82 Å². The fourth-order valence-electron chi connectivity index (χ4n) is 2.24. The summed E-state index contributed by atoms with van der Waals surface area (Å²) in [6.45, 7) is -1.25. The Labute approximate surface area is 123 Å². The van der Waals surface area contributed by atoms with Gasteiger partial charge >= 0.3 is 5.69 Å². The van der Waals surface area contributed by atoms with Crippen LogP contribution < -0.4 is 11.0 Å². The second-order valence-electron chi connectivity index (χ2n) is 4.76. The minimum absolute atomic E-state index is 0.290. The molecule has 1 fully saturated rings. The quantitative estimate of drug-likeness (QED) is 0.381. The summed E-state index contributed by atoms with van der Waals surface area (Å²) in [5.41, 5.74) is 5.75. The van der Waals surface area contributed by atoms with Crippen molar-refractivity contribution in [1.82, 2.24) is 9.55 Å². The molecule has 0 bridgehead atoms. The lowest BCUT2D eigenvalue weighted by atomic mass is 9.97. The zero-order valence-corrected chi connectivity index (χ0v) is 11.6. The maximum atomic E-state index is 14.3. The molecule has 4 atom stereocenters. The summed E-state index contributed by atoms with van der Waals surface area (Å²) < 4.78 is 20.5. The largest absolute Gasteiger partial charge is 0.393 e. The maximum Gasteiger partial charge on any atom is 0.351 e. The summed E-state index contributed by atoms with van der Waals surface area (Å²) in [6, 6.07) is 1.43. The number of halogens is 1. The smallest absolute Gasteiger partial charge is 0.351 e.